The third kappa shape index (κ3) is 4.15. The molecule has 2 aromatic carbocycles. The van der Waals surface area contributed by atoms with Crippen molar-refractivity contribution in [2.45, 2.75) is 49.7 Å². The Morgan fingerprint density at radius 1 is 1.14 bits per heavy atom. The van der Waals surface area contributed by atoms with Crippen molar-refractivity contribution in [1.29, 1.82) is 0 Å². The van der Waals surface area contributed by atoms with Crippen molar-refractivity contribution in [3.05, 3.63) is 70.3 Å². The average Bonchev–Trinajstić information content (AvgIpc) is 2.73. The van der Waals surface area contributed by atoms with E-state index in [0.717, 1.165) is 47.5 Å². The summed E-state index contributed by atoms with van der Waals surface area (Å²) < 4.78 is 12.4. The van der Waals surface area contributed by atoms with Gasteiger partial charge in [-0.2, -0.15) is 10.2 Å². The Kier molecular flexibility index (Phi) is 5.86. The summed E-state index contributed by atoms with van der Waals surface area (Å²) in [6.45, 7) is 3.87. The molecule has 0 saturated carbocycles. The van der Waals surface area contributed by atoms with E-state index in [0.29, 0.717) is 11.7 Å². The van der Waals surface area contributed by atoms with Crippen LogP contribution < -0.4 is 5.73 Å². The third-order valence-corrected chi connectivity index (χ3v) is 7.07. The second kappa shape index (κ2) is 8.54. The minimum Gasteiger partial charge on any atom is -0.398 e. The molecule has 2 N–H and O–H groups in total. The molecule has 0 amide bonds. The molecule has 3 nitrogen and oxygen atoms in total. The van der Waals surface area contributed by atoms with E-state index in [9.17, 15) is 4.39 Å². The molecular weight excluding hydrogens is 381 g/mol. The minimum absolute atomic E-state index is 0.260. The quantitative estimate of drug-likeness (QED) is 0.630. The second-order valence-electron chi connectivity index (χ2n) is 7.72. The highest BCUT2D eigenvalue weighted by Crippen LogP contribution is 2.54. The number of aryl methyl sites for hydroxylation is 1. The van der Waals surface area contributed by atoms with Gasteiger partial charge in [0.2, 0.25) is 0 Å². The average molecular weight is 408 g/mol. The summed E-state index contributed by atoms with van der Waals surface area (Å²) in [6, 6.07) is 14.8. The summed E-state index contributed by atoms with van der Waals surface area (Å²) in [7, 11) is 0. The van der Waals surface area contributed by atoms with Gasteiger partial charge < -0.3 is 5.73 Å². The van der Waals surface area contributed by atoms with Crippen molar-refractivity contribution in [1.82, 2.24) is 0 Å². The number of alkyl halides is 1. The number of nitrogens with two attached hydrogens (primary N) is 1. The van der Waals surface area contributed by atoms with Crippen LogP contribution >= 0.6 is 11.8 Å². The molecule has 0 saturated heterocycles. The van der Waals surface area contributed by atoms with Gasteiger partial charge in [0, 0.05) is 16.3 Å². The van der Waals surface area contributed by atoms with E-state index in [1.165, 1.54) is 21.6 Å². The lowest BCUT2D eigenvalue weighted by molar-refractivity contribution is 0.473. The zero-order valence-electron chi connectivity index (χ0n) is 16.9. The minimum atomic E-state index is -0.260. The first-order chi connectivity index (χ1) is 14.1. The first kappa shape index (κ1) is 19.9. The third-order valence-electron chi connectivity index (χ3n) is 5.62. The molecule has 0 aliphatic carbocycles. The Morgan fingerprint density at radius 3 is 2.59 bits per heavy atom. The summed E-state index contributed by atoms with van der Waals surface area (Å²) in [5, 5.41) is 8.83. The predicted molar refractivity (Wildman–Crippen MR) is 121 cm³/mol. The summed E-state index contributed by atoms with van der Waals surface area (Å²) in [6.07, 6.45) is 3.29. The molecule has 2 heterocycles. The monoisotopic (exact) mass is 407 g/mol. The molecule has 29 heavy (non-hydrogen) atoms. The van der Waals surface area contributed by atoms with Crippen molar-refractivity contribution < 1.29 is 4.39 Å². The Bertz CT molecular complexity index is 1010. The molecule has 5 heteroatoms. The fraction of sp³-hybridized carbons (Fsp3) is 0.333. The van der Waals surface area contributed by atoms with Crippen molar-refractivity contribution in [2.24, 2.45) is 15.9 Å². The number of fused-ring (bicyclic) bond motifs is 1. The van der Waals surface area contributed by atoms with Crippen LogP contribution in [0, 0.1) is 0 Å². The van der Waals surface area contributed by atoms with Gasteiger partial charge >= 0.3 is 0 Å². The number of benzene rings is 2. The molecule has 1 unspecified atom stereocenters. The van der Waals surface area contributed by atoms with E-state index >= 15 is 0 Å². The fourth-order valence-corrected chi connectivity index (χ4v) is 4.98. The molecule has 4 rings (SSSR count). The number of nitrogens with zero attached hydrogens (tertiary/aromatic N) is 2. The largest absolute Gasteiger partial charge is 0.398 e. The van der Waals surface area contributed by atoms with Crippen LogP contribution in [0.2, 0.25) is 0 Å². The predicted octanol–water partition coefficient (Wildman–Crippen LogP) is 6.08. The lowest BCUT2D eigenvalue weighted by atomic mass is 9.96. The van der Waals surface area contributed by atoms with Gasteiger partial charge in [0.25, 0.3) is 0 Å². The van der Waals surface area contributed by atoms with Crippen molar-refractivity contribution in [3.63, 3.8) is 0 Å². The Labute approximate surface area is 176 Å². The molecule has 2 aliphatic heterocycles. The lowest BCUT2D eigenvalue weighted by Gasteiger charge is -2.31. The lowest BCUT2D eigenvalue weighted by Crippen LogP contribution is -2.13. The highest BCUT2D eigenvalue weighted by atomic mass is 32.2. The topological polar surface area (TPSA) is 50.7 Å². The molecule has 1 atom stereocenters. The van der Waals surface area contributed by atoms with Gasteiger partial charge in [-0.15, -0.1) is 11.8 Å². The number of rotatable bonds is 6. The number of thioether (sulfide) groups is 1. The molecule has 0 aromatic heterocycles. The summed E-state index contributed by atoms with van der Waals surface area (Å²) in [5.41, 5.74) is 15.3. The van der Waals surface area contributed by atoms with E-state index < -0.39 is 0 Å². The van der Waals surface area contributed by atoms with Gasteiger partial charge in [0.1, 0.15) is 0 Å². The van der Waals surface area contributed by atoms with Gasteiger partial charge in [-0.05, 0) is 73.4 Å². The van der Waals surface area contributed by atoms with Crippen LogP contribution in [-0.4, -0.2) is 18.1 Å². The normalized spacial score (nSPS) is 18.9. The van der Waals surface area contributed by atoms with Crippen LogP contribution in [0.3, 0.4) is 0 Å². The van der Waals surface area contributed by atoms with E-state index in [1.807, 2.05) is 18.7 Å². The highest BCUT2D eigenvalue weighted by Gasteiger charge is 2.30. The van der Waals surface area contributed by atoms with Gasteiger partial charge in [0.15, 0.2) is 0 Å². The highest BCUT2D eigenvalue weighted by molar-refractivity contribution is 8.01. The summed E-state index contributed by atoms with van der Waals surface area (Å²) in [5.74, 6) is 0. The Morgan fingerprint density at radius 2 is 1.93 bits per heavy atom. The molecule has 0 bridgehead atoms. The maximum atomic E-state index is 12.4. The van der Waals surface area contributed by atoms with Gasteiger partial charge in [0.05, 0.1) is 17.6 Å². The van der Waals surface area contributed by atoms with E-state index in [4.69, 9.17) is 5.73 Å². The van der Waals surface area contributed by atoms with Crippen molar-refractivity contribution >= 4 is 28.9 Å². The van der Waals surface area contributed by atoms with Crippen molar-refractivity contribution in [3.8, 4) is 0 Å². The Balaban J connectivity index is 1.50. The molecule has 2 aliphatic rings. The second-order valence-corrected chi connectivity index (χ2v) is 8.87. The number of halogens is 1. The fourth-order valence-electron chi connectivity index (χ4n) is 3.74. The van der Waals surface area contributed by atoms with Crippen LogP contribution in [0.1, 0.15) is 60.6 Å². The van der Waals surface area contributed by atoms with Crippen LogP contribution in [0.5, 0.6) is 0 Å². The Hall–Kier alpha value is -2.40. The first-order valence-corrected chi connectivity index (χ1v) is 11.0. The zero-order chi connectivity index (χ0) is 20.4. The summed E-state index contributed by atoms with van der Waals surface area (Å²) >= 11 is 1.84. The number of hydrogen-bond acceptors (Lipinski definition) is 4. The van der Waals surface area contributed by atoms with Crippen molar-refractivity contribution in [2.75, 3.05) is 6.67 Å². The SMILES string of the molecule is CC1=NN=C(c2ccc(/C(N)=C(\C)C3Sc4cc(CCCF)ccc43)cc2)CC1. The maximum Gasteiger partial charge on any atom is 0.0897 e. The van der Waals surface area contributed by atoms with Gasteiger partial charge in [-0.3, -0.25) is 4.39 Å². The van der Waals surface area contributed by atoms with Crippen LogP contribution in [0.25, 0.3) is 5.70 Å². The van der Waals surface area contributed by atoms with Crippen LogP contribution in [-0.2, 0) is 6.42 Å². The van der Waals surface area contributed by atoms with E-state index in [1.54, 1.807) is 0 Å². The zero-order valence-corrected chi connectivity index (χ0v) is 17.7. The molecule has 0 radical (unpaired) electrons. The van der Waals surface area contributed by atoms with E-state index in [2.05, 4.69) is 59.6 Å². The molecular formula is C24H26FN3S. The maximum absolute atomic E-state index is 12.4. The van der Waals surface area contributed by atoms with Crippen LogP contribution in [0.15, 0.2) is 63.1 Å². The van der Waals surface area contributed by atoms with Gasteiger partial charge in [-0.25, -0.2) is 0 Å². The standard InChI is InChI=1S/C24H26FN3S/c1-15-5-12-21(28-27-15)18-7-9-19(10-8-18)23(26)16(2)24-20-11-6-17(4-3-13-25)14-22(20)29-24/h6-11,14,24H,3-5,12-13,26H2,1-2H3/b23-16-. The van der Waals surface area contributed by atoms with Gasteiger partial charge in [-0.1, -0.05) is 36.4 Å². The summed E-state index contributed by atoms with van der Waals surface area (Å²) in [4.78, 5) is 1.29. The molecule has 150 valence electrons. The molecule has 0 fully saturated rings. The first-order valence-electron chi connectivity index (χ1n) is 10.1. The smallest absolute Gasteiger partial charge is 0.0897 e. The molecule has 0 spiro atoms. The molecule has 2 aromatic rings. The number of hydrogen-bond donors (Lipinski definition) is 1. The van der Waals surface area contributed by atoms with E-state index in [-0.39, 0.29) is 6.67 Å². The van der Waals surface area contributed by atoms with Crippen LogP contribution in [0.4, 0.5) is 4.39 Å².